The van der Waals surface area contributed by atoms with Crippen LogP contribution in [0.1, 0.15) is 10.4 Å². The zero-order valence-electron chi connectivity index (χ0n) is 13.8. The molecule has 2 heterocycles. The zero-order chi connectivity index (χ0) is 16.4. The van der Waals surface area contributed by atoms with Gasteiger partial charge in [0.1, 0.15) is 5.76 Å². The van der Waals surface area contributed by atoms with E-state index < -0.39 is 8.07 Å². The lowest BCUT2D eigenvalue weighted by Gasteiger charge is -2.36. The summed E-state index contributed by atoms with van der Waals surface area (Å²) in [4.78, 5) is 14.0. The van der Waals surface area contributed by atoms with E-state index in [4.69, 9.17) is 4.74 Å². The molecule has 0 N–H and O–H groups in total. The van der Waals surface area contributed by atoms with E-state index in [1.807, 2.05) is 36.4 Å². The highest BCUT2D eigenvalue weighted by atomic mass is 32.1. The zero-order valence-corrected chi connectivity index (χ0v) is 15.6. The maximum absolute atomic E-state index is 12.7. The van der Waals surface area contributed by atoms with E-state index in [1.54, 1.807) is 11.3 Å². The van der Waals surface area contributed by atoms with Crippen molar-refractivity contribution < 1.29 is 9.53 Å². The first-order valence-corrected chi connectivity index (χ1v) is 12.4. The maximum atomic E-state index is 12.7. The Kier molecular flexibility index (Phi) is 4.55. The summed E-state index contributed by atoms with van der Waals surface area (Å²) in [6.45, 7) is 6.99. The third-order valence-electron chi connectivity index (χ3n) is 4.34. The van der Waals surface area contributed by atoms with Crippen molar-refractivity contribution in [1.82, 2.24) is 0 Å². The normalized spacial score (nSPS) is 21.7. The van der Waals surface area contributed by atoms with Crippen LogP contribution < -0.4 is 0 Å². The quantitative estimate of drug-likeness (QED) is 0.563. The Morgan fingerprint density at radius 3 is 2.43 bits per heavy atom. The summed E-state index contributed by atoms with van der Waals surface area (Å²) in [5, 5.41) is 2.07. The van der Waals surface area contributed by atoms with Crippen LogP contribution in [0.5, 0.6) is 0 Å². The highest BCUT2D eigenvalue weighted by Crippen LogP contribution is 2.41. The van der Waals surface area contributed by atoms with Crippen LogP contribution in [-0.2, 0) is 16.0 Å². The Bertz CT molecular complexity index is 699. The van der Waals surface area contributed by atoms with E-state index in [1.165, 1.54) is 4.88 Å². The minimum Gasteiger partial charge on any atom is -0.426 e. The van der Waals surface area contributed by atoms with Crippen molar-refractivity contribution in [2.75, 3.05) is 0 Å². The summed E-state index contributed by atoms with van der Waals surface area (Å²) in [7, 11) is -1.54. The molecule has 4 heteroatoms. The van der Waals surface area contributed by atoms with Crippen LogP contribution in [-0.4, -0.2) is 14.0 Å². The van der Waals surface area contributed by atoms with Crippen molar-refractivity contribution >= 4 is 31.1 Å². The molecule has 2 nitrogen and oxygen atoms in total. The molecule has 1 aliphatic heterocycles. The molecule has 1 aliphatic rings. The van der Waals surface area contributed by atoms with Crippen molar-refractivity contribution in [3.8, 4) is 0 Å². The fourth-order valence-corrected chi connectivity index (χ4v) is 5.99. The number of hydrogen-bond donors (Lipinski definition) is 0. The number of carbonyl (C=O) groups is 1. The Labute approximate surface area is 142 Å². The number of benzene rings is 1. The van der Waals surface area contributed by atoms with Crippen molar-refractivity contribution in [3.63, 3.8) is 0 Å². The van der Waals surface area contributed by atoms with Crippen molar-refractivity contribution in [3.05, 3.63) is 64.4 Å². The van der Waals surface area contributed by atoms with E-state index in [9.17, 15) is 4.79 Å². The van der Waals surface area contributed by atoms with Crippen LogP contribution in [0.4, 0.5) is 0 Å². The van der Waals surface area contributed by atoms with Crippen LogP contribution in [0.2, 0.25) is 25.2 Å². The monoisotopic (exact) mass is 342 g/mol. The molecule has 0 spiro atoms. The molecule has 2 atom stereocenters. The van der Waals surface area contributed by atoms with E-state index in [0.717, 1.165) is 17.7 Å². The molecule has 120 valence electrons. The molecule has 0 saturated carbocycles. The van der Waals surface area contributed by atoms with Crippen molar-refractivity contribution in [2.45, 2.75) is 31.6 Å². The van der Waals surface area contributed by atoms with E-state index in [-0.39, 0.29) is 11.9 Å². The number of allylic oxidation sites excluding steroid dienone is 1. The van der Waals surface area contributed by atoms with Crippen LogP contribution >= 0.6 is 11.3 Å². The molecule has 1 aromatic carbocycles. The smallest absolute Gasteiger partial charge is 0.315 e. The topological polar surface area (TPSA) is 26.3 Å². The summed E-state index contributed by atoms with van der Waals surface area (Å²) in [6.07, 6.45) is 2.99. The second-order valence-corrected chi connectivity index (χ2v) is 13.5. The van der Waals surface area contributed by atoms with Crippen LogP contribution in [0.15, 0.2) is 53.9 Å². The SMILES string of the molecule is C[Si](C)(C)[C@H]1C=C(c2ccccc2)OC(=O)[C@H]1Cc1cccs1. The van der Waals surface area contributed by atoms with Gasteiger partial charge in [-0.05, 0) is 29.5 Å². The number of thiophene rings is 1. The second kappa shape index (κ2) is 6.46. The standard InChI is InChI=1S/C19H22O2SSi/c1-23(2,3)18-13-17(14-8-5-4-6-9-14)21-19(20)16(18)12-15-10-7-11-22-15/h4-11,13,16,18H,12H2,1-3H3/t16-,18-/m0/s1. The van der Waals surface area contributed by atoms with Gasteiger partial charge in [0.2, 0.25) is 0 Å². The van der Waals surface area contributed by atoms with Gasteiger partial charge in [0.25, 0.3) is 0 Å². The minimum absolute atomic E-state index is 0.0622. The first-order chi connectivity index (χ1) is 10.9. The first-order valence-electron chi connectivity index (χ1n) is 7.96. The number of rotatable bonds is 4. The lowest BCUT2D eigenvalue weighted by molar-refractivity contribution is -0.142. The van der Waals surface area contributed by atoms with E-state index >= 15 is 0 Å². The summed E-state index contributed by atoms with van der Waals surface area (Å²) in [5.41, 5.74) is 1.28. The number of hydrogen-bond acceptors (Lipinski definition) is 3. The molecule has 0 bridgehead atoms. The minimum atomic E-state index is -1.54. The van der Waals surface area contributed by atoms with Gasteiger partial charge in [0.05, 0.1) is 14.0 Å². The predicted octanol–water partition coefficient (Wildman–Crippen LogP) is 5.21. The Balaban J connectivity index is 1.95. The molecule has 0 aliphatic carbocycles. The molecule has 23 heavy (non-hydrogen) atoms. The number of esters is 1. The predicted molar refractivity (Wildman–Crippen MR) is 99.1 cm³/mol. The summed E-state index contributed by atoms with van der Waals surface area (Å²) < 4.78 is 5.71. The van der Waals surface area contributed by atoms with E-state index in [2.05, 4.69) is 37.2 Å². The molecule has 0 radical (unpaired) electrons. The number of ether oxygens (including phenoxy) is 1. The summed E-state index contributed by atoms with van der Waals surface area (Å²) in [6, 6.07) is 14.1. The van der Waals surface area contributed by atoms with Gasteiger partial charge < -0.3 is 4.74 Å². The van der Waals surface area contributed by atoms with E-state index in [0.29, 0.717) is 5.54 Å². The lowest BCUT2D eigenvalue weighted by Crippen LogP contribution is -2.39. The van der Waals surface area contributed by atoms with Crippen molar-refractivity contribution in [2.24, 2.45) is 5.92 Å². The number of carbonyl (C=O) groups excluding carboxylic acids is 1. The van der Waals surface area contributed by atoms with Gasteiger partial charge in [0.15, 0.2) is 0 Å². The van der Waals surface area contributed by atoms with Crippen LogP contribution in [0.3, 0.4) is 0 Å². The fraction of sp³-hybridized carbons (Fsp3) is 0.316. The van der Waals surface area contributed by atoms with Gasteiger partial charge in [-0.2, -0.15) is 0 Å². The van der Waals surface area contributed by atoms with Gasteiger partial charge in [-0.25, -0.2) is 0 Å². The van der Waals surface area contributed by atoms with Crippen LogP contribution in [0, 0.1) is 5.92 Å². The Morgan fingerprint density at radius 2 is 1.83 bits per heavy atom. The highest BCUT2D eigenvalue weighted by Gasteiger charge is 2.41. The van der Waals surface area contributed by atoms with Gasteiger partial charge >= 0.3 is 5.97 Å². The van der Waals surface area contributed by atoms with Gasteiger partial charge in [-0.3, -0.25) is 4.79 Å². The van der Waals surface area contributed by atoms with Crippen LogP contribution in [0.25, 0.3) is 5.76 Å². The Hall–Kier alpha value is -1.65. The third kappa shape index (κ3) is 3.65. The molecule has 0 amide bonds. The fourth-order valence-electron chi connectivity index (χ4n) is 3.11. The molecule has 2 aromatic rings. The lowest BCUT2D eigenvalue weighted by atomic mass is 9.96. The molecule has 0 unspecified atom stereocenters. The average molecular weight is 343 g/mol. The third-order valence-corrected chi connectivity index (χ3v) is 7.80. The maximum Gasteiger partial charge on any atom is 0.315 e. The average Bonchev–Trinajstić information content (AvgIpc) is 3.02. The van der Waals surface area contributed by atoms with Gasteiger partial charge in [-0.1, -0.05) is 56.0 Å². The van der Waals surface area contributed by atoms with Crippen molar-refractivity contribution in [1.29, 1.82) is 0 Å². The molecule has 3 rings (SSSR count). The van der Waals surface area contributed by atoms with Gasteiger partial charge in [-0.15, -0.1) is 11.3 Å². The first kappa shape index (κ1) is 16.2. The largest absolute Gasteiger partial charge is 0.426 e. The second-order valence-electron chi connectivity index (χ2n) is 7.10. The number of cyclic esters (lactones) is 1. The molecular weight excluding hydrogens is 320 g/mol. The molecule has 0 fully saturated rings. The summed E-state index contributed by atoms with van der Waals surface area (Å²) in [5.74, 6) is 0.588. The molecule has 0 saturated heterocycles. The Morgan fingerprint density at radius 1 is 1.09 bits per heavy atom. The molecule has 1 aromatic heterocycles. The summed E-state index contributed by atoms with van der Waals surface area (Å²) >= 11 is 1.72. The molecular formula is C19H22O2SSi. The van der Waals surface area contributed by atoms with Gasteiger partial charge in [0, 0.05) is 10.4 Å². The highest BCUT2D eigenvalue weighted by molar-refractivity contribution is 7.09.